The SMILES string of the molecule is C=C/C(=C\C)c1ccc(-c2nc(-c3ccc(-c4ccccc4)cc3)cc(-c3cccc4c3C(c3ccccc3)(c3ccccc3)c3ccccc3-4)n2)cc1. The van der Waals surface area contributed by atoms with E-state index >= 15 is 0 Å². The van der Waals surface area contributed by atoms with Gasteiger partial charge in [-0.05, 0) is 68.6 Å². The van der Waals surface area contributed by atoms with E-state index in [4.69, 9.17) is 9.97 Å². The molecule has 0 atom stereocenters. The molecule has 1 aromatic heterocycles. The molecule has 2 heteroatoms. The first-order valence-electron chi connectivity index (χ1n) is 18.5. The predicted molar refractivity (Wildman–Crippen MR) is 225 cm³/mol. The van der Waals surface area contributed by atoms with Crippen molar-refractivity contribution in [3.05, 3.63) is 235 Å². The van der Waals surface area contributed by atoms with E-state index in [-0.39, 0.29) is 0 Å². The summed E-state index contributed by atoms with van der Waals surface area (Å²) in [5.74, 6) is 0.681. The maximum absolute atomic E-state index is 5.43. The molecule has 0 fully saturated rings. The van der Waals surface area contributed by atoms with Crippen LogP contribution in [0.15, 0.2) is 207 Å². The lowest BCUT2D eigenvalue weighted by molar-refractivity contribution is 0.769. The molecule has 1 heterocycles. The summed E-state index contributed by atoms with van der Waals surface area (Å²) in [6.45, 7) is 6.05. The lowest BCUT2D eigenvalue weighted by Crippen LogP contribution is -2.29. The van der Waals surface area contributed by atoms with Gasteiger partial charge in [-0.1, -0.05) is 201 Å². The molecule has 0 radical (unpaired) electrons. The van der Waals surface area contributed by atoms with Crippen LogP contribution in [0.1, 0.15) is 34.7 Å². The summed E-state index contributed by atoms with van der Waals surface area (Å²) in [6.07, 6.45) is 3.97. The van der Waals surface area contributed by atoms with Crippen molar-refractivity contribution in [2.75, 3.05) is 0 Å². The number of allylic oxidation sites excluding steroid dienone is 3. The zero-order valence-electron chi connectivity index (χ0n) is 30.2. The summed E-state index contributed by atoms with van der Waals surface area (Å²) in [6, 6.07) is 67.3. The fourth-order valence-electron chi connectivity index (χ4n) is 8.26. The van der Waals surface area contributed by atoms with Crippen LogP contribution in [0.4, 0.5) is 0 Å². The maximum Gasteiger partial charge on any atom is 0.160 e. The number of nitrogens with zero attached hydrogens (tertiary/aromatic N) is 2. The fourth-order valence-corrected chi connectivity index (χ4v) is 8.26. The van der Waals surface area contributed by atoms with Crippen LogP contribution in [0.2, 0.25) is 0 Å². The topological polar surface area (TPSA) is 25.8 Å². The Hall–Kier alpha value is -6.90. The summed E-state index contributed by atoms with van der Waals surface area (Å²) in [4.78, 5) is 10.7. The minimum atomic E-state index is -0.567. The third-order valence-electron chi connectivity index (χ3n) is 10.8. The summed E-state index contributed by atoms with van der Waals surface area (Å²) in [5.41, 5.74) is 16.2. The van der Waals surface area contributed by atoms with Crippen molar-refractivity contribution in [2.45, 2.75) is 12.3 Å². The molecular formula is C52H38N2. The lowest BCUT2D eigenvalue weighted by atomic mass is 9.66. The Labute approximate surface area is 317 Å². The summed E-state index contributed by atoms with van der Waals surface area (Å²) < 4.78 is 0. The van der Waals surface area contributed by atoms with Crippen molar-refractivity contribution in [1.82, 2.24) is 9.97 Å². The van der Waals surface area contributed by atoms with Crippen molar-refractivity contribution in [3.8, 4) is 56.2 Å². The van der Waals surface area contributed by atoms with Crippen LogP contribution in [0, 0.1) is 0 Å². The Morgan fingerprint density at radius 3 is 1.65 bits per heavy atom. The molecular weight excluding hydrogens is 653 g/mol. The molecule has 0 spiro atoms. The van der Waals surface area contributed by atoms with E-state index in [2.05, 4.69) is 195 Å². The monoisotopic (exact) mass is 690 g/mol. The minimum Gasteiger partial charge on any atom is -0.228 e. The van der Waals surface area contributed by atoms with E-state index < -0.39 is 5.41 Å². The number of hydrogen-bond donors (Lipinski definition) is 0. The number of hydrogen-bond acceptors (Lipinski definition) is 2. The Morgan fingerprint density at radius 1 is 0.481 bits per heavy atom. The average molecular weight is 691 g/mol. The average Bonchev–Trinajstić information content (AvgIpc) is 3.56. The van der Waals surface area contributed by atoms with Gasteiger partial charge in [0, 0.05) is 16.7 Å². The standard InChI is InChI=1S/C52H38N2/c1-3-36(4-2)38-29-33-41(34-30-38)51-53-48(40-31-27-39(28-32-40)37-17-8-5-9-18-37)35-49(54-51)46-25-16-24-45-44-23-14-15-26-47(44)52(50(45)46,42-19-10-6-11-20-42)43-21-12-7-13-22-43/h3-35H,1H2,2H3/b36-4+. The molecule has 0 amide bonds. The molecule has 8 aromatic rings. The second kappa shape index (κ2) is 13.9. The highest BCUT2D eigenvalue weighted by molar-refractivity contribution is 5.92. The van der Waals surface area contributed by atoms with E-state index in [9.17, 15) is 0 Å². The smallest absolute Gasteiger partial charge is 0.160 e. The molecule has 0 aliphatic heterocycles. The molecule has 0 unspecified atom stereocenters. The van der Waals surface area contributed by atoms with Gasteiger partial charge in [-0.3, -0.25) is 0 Å². The second-order valence-electron chi connectivity index (χ2n) is 13.7. The van der Waals surface area contributed by atoms with Gasteiger partial charge in [0.25, 0.3) is 0 Å². The molecule has 256 valence electrons. The van der Waals surface area contributed by atoms with Crippen LogP contribution in [0.5, 0.6) is 0 Å². The first-order chi connectivity index (χ1) is 26.7. The Morgan fingerprint density at radius 2 is 1.00 bits per heavy atom. The quantitative estimate of drug-likeness (QED) is 0.148. The molecule has 9 rings (SSSR count). The van der Waals surface area contributed by atoms with Crippen molar-refractivity contribution in [3.63, 3.8) is 0 Å². The molecule has 0 saturated heterocycles. The van der Waals surface area contributed by atoms with Crippen molar-refractivity contribution < 1.29 is 0 Å². The minimum absolute atomic E-state index is 0.567. The first kappa shape index (κ1) is 33.0. The molecule has 0 N–H and O–H groups in total. The van der Waals surface area contributed by atoms with Crippen molar-refractivity contribution >= 4 is 5.57 Å². The van der Waals surface area contributed by atoms with Gasteiger partial charge < -0.3 is 0 Å². The maximum atomic E-state index is 5.43. The summed E-state index contributed by atoms with van der Waals surface area (Å²) in [5, 5.41) is 0. The number of rotatable bonds is 8. The van der Waals surface area contributed by atoms with Crippen molar-refractivity contribution in [1.29, 1.82) is 0 Å². The van der Waals surface area contributed by atoms with Crippen molar-refractivity contribution in [2.24, 2.45) is 0 Å². The van der Waals surface area contributed by atoms with Crippen LogP contribution in [-0.2, 0) is 5.41 Å². The molecule has 1 aliphatic carbocycles. The van der Waals surface area contributed by atoms with Crippen LogP contribution in [0.3, 0.4) is 0 Å². The fraction of sp³-hybridized carbons (Fsp3) is 0.0385. The van der Waals surface area contributed by atoms with E-state index in [1.807, 2.05) is 19.1 Å². The summed E-state index contributed by atoms with van der Waals surface area (Å²) >= 11 is 0. The van der Waals surface area contributed by atoms with E-state index in [1.165, 1.54) is 44.5 Å². The van der Waals surface area contributed by atoms with Crippen LogP contribution < -0.4 is 0 Å². The van der Waals surface area contributed by atoms with Gasteiger partial charge in [0.15, 0.2) is 5.82 Å². The van der Waals surface area contributed by atoms with Gasteiger partial charge in [0.05, 0.1) is 16.8 Å². The van der Waals surface area contributed by atoms with Gasteiger partial charge in [-0.2, -0.15) is 0 Å². The zero-order chi connectivity index (χ0) is 36.5. The highest BCUT2D eigenvalue weighted by Gasteiger charge is 2.47. The largest absolute Gasteiger partial charge is 0.228 e. The first-order valence-corrected chi connectivity index (χ1v) is 18.5. The van der Waals surface area contributed by atoms with Crippen LogP contribution in [-0.4, -0.2) is 9.97 Å². The van der Waals surface area contributed by atoms with Gasteiger partial charge in [0.1, 0.15) is 0 Å². The summed E-state index contributed by atoms with van der Waals surface area (Å²) in [7, 11) is 0. The molecule has 0 bridgehead atoms. The number of fused-ring (bicyclic) bond motifs is 3. The van der Waals surface area contributed by atoms with Gasteiger partial charge in [-0.25, -0.2) is 9.97 Å². The third-order valence-corrected chi connectivity index (χ3v) is 10.8. The number of benzene rings is 7. The van der Waals surface area contributed by atoms with E-state index in [0.717, 1.165) is 39.2 Å². The Bertz CT molecular complexity index is 2600. The van der Waals surface area contributed by atoms with Gasteiger partial charge in [0.2, 0.25) is 0 Å². The highest BCUT2D eigenvalue weighted by atomic mass is 14.9. The zero-order valence-corrected chi connectivity index (χ0v) is 30.2. The molecule has 2 nitrogen and oxygen atoms in total. The lowest BCUT2D eigenvalue weighted by Gasteiger charge is -2.35. The molecule has 1 aliphatic rings. The number of aromatic nitrogens is 2. The van der Waals surface area contributed by atoms with Gasteiger partial charge >= 0.3 is 0 Å². The normalized spacial score (nSPS) is 12.9. The Kier molecular flexibility index (Phi) is 8.49. The van der Waals surface area contributed by atoms with Crippen LogP contribution in [0.25, 0.3) is 61.7 Å². The predicted octanol–water partition coefficient (Wildman–Crippen LogP) is 13.1. The van der Waals surface area contributed by atoms with E-state index in [1.54, 1.807) is 0 Å². The second-order valence-corrected chi connectivity index (χ2v) is 13.7. The Balaban J connectivity index is 1.30. The van der Waals surface area contributed by atoms with Gasteiger partial charge in [-0.15, -0.1) is 0 Å². The highest BCUT2D eigenvalue weighted by Crippen LogP contribution is 2.58. The molecule has 0 saturated carbocycles. The third kappa shape index (κ3) is 5.52. The molecule has 7 aromatic carbocycles. The van der Waals surface area contributed by atoms with E-state index in [0.29, 0.717) is 5.82 Å². The van der Waals surface area contributed by atoms with Crippen LogP contribution >= 0.6 is 0 Å². The molecule has 54 heavy (non-hydrogen) atoms.